The van der Waals surface area contributed by atoms with Gasteiger partial charge in [0.15, 0.2) is 0 Å². The van der Waals surface area contributed by atoms with Crippen LogP contribution in [0.4, 0.5) is 5.82 Å². The average Bonchev–Trinajstić information content (AvgIpc) is 2.96. The molecule has 0 aromatic carbocycles. The summed E-state index contributed by atoms with van der Waals surface area (Å²) >= 11 is 0. The van der Waals surface area contributed by atoms with E-state index in [0.717, 1.165) is 23.8 Å². The number of hydrogen-bond donors (Lipinski definition) is 1. The number of nitrogens with zero attached hydrogens (tertiary/aromatic N) is 4. The summed E-state index contributed by atoms with van der Waals surface area (Å²) < 4.78 is 2.34. The predicted octanol–water partition coefficient (Wildman–Crippen LogP) is -0.423. The molecule has 0 bridgehead atoms. The minimum Gasteiger partial charge on any atom is -0.348 e. The Morgan fingerprint density at radius 3 is 2.55 bits per heavy atom. The predicted molar refractivity (Wildman–Crippen MR) is 78.0 cm³/mol. The standard InChI is InChI=1S/C13H23N5O2/c1-16-12(19)11(15-17(2)13(16)20)18(9-5-8-14)10-6-3-4-7-10/h10H,3-9,14H2,1-2H3. The van der Waals surface area contributed by atoms with Gasteiger partial charge in [-0.3, -0.25) is 9.36 Å². The Morgan fingerprint density at radius 2 is 1.95 bits per heavy atom. The van der Waals surface area contributed by atoms with Crippen LogP contribution in [0, 0.1) is 0 Å². The van der Waals surface area contributed by atoms with Crippen LogP contribution < -0.4 is 21.9 Å². The van der Waals surface area contributed by atoms with Gasteiger partial charge in [0.2, 0.25) is 5.82 Å². The fourth-order valence-electron chi connectivity index (χ4n) is 2.80. The minimum atomic E-state index is -0.399. The van der Waals surface area contributed by atoms with Gasteiger partial charge in [-0.05, 0) is 25.8 Å². The Bertz CT molecular complexity index is 571. The molecule has 0 saturated heterocycles. The lowest BCUT2D eigenvalue weighted by Crippen LogP contribution is -2.46. The summed E-state index contributed by atoms with van der Waals surface area (Å²) in [7, 11) is 3.06. The fourth-order valence-corrected chi connectivity index (χ4v) is 2.80. The van der Waals surface area contributed by atoms with Crippen molar-refractivity contribution in [3.05, 3.63) is 20.8 Å². The molecular weight excluding hydrogens is 258 g/mol. The molecule has 2 N–H and O–H groups in total. The highest BCUT2D eigenvalue weighted by molar-refractivity contribution is 5.36. The van der Waals surface area contributed by atoms with Crippen molar-refractivity contribution in [3.8, 4) is 0 Å². The van der Waals surface area contributed by atoms with Gasteiger partial charge in [0.05, 0.1) is 0 Å². The van der Waals surface area contributed by atoms with Crippen molar-refractivity contribution in [2.45, 2.75) is 38.1 Å². The van der Waals surface area contributed by atoms with Crippen molar-refractivity contribution in [1.82, 2.24) is 14.3 Å². The second kappa shape index (κ2) is 6.21. The first-order chi connectivity index (χ1) is 9.56. The van der Waals surface area contributed by atoms with E-state index in [-0.39, 0.29) is 5.56 Å². The van der Waals surface area contributed by atoms with E-state index in [1.807, 2.05) is 4.90 Å². The molecule has 1 aliphatic rings. The molecule has 0 radical (unpaired) electrons. The largest absolute Gasteiger partial charge is 0.348 e. The first kappa shape index (κ1) is 14.8. The highest BCUT2D eigenvalue weighted by atomic mass is 16.2. The zero-order chi connectivity index (χ0) is 14.7. The Hall–Kier alpha value is -1.63. The maximum absolute atomic E-state index is 12.3. The highest BCUT2D eigenvalue weighted by Gasteiger charge is 2.26. The lowest BCUT2D eigenvalue weighted by molar-refractivity contribution is 0.542. The molecule has 0 spiro atoms. The van der Waals surface area contributed by atoms with Crippen LogP contribution in [0.25, 0.3) is 0 Å². The molecule has 20 heavy (non-hydrogen) atoms. The van der Waals surface area contributed by atoms with Gasteiger partial charge in [-0.25, -0.2) is 9.48 Å². The molecule has 1 fully saturated rings. The third kappa shape index (κ3) is 2.77. The van der Waals surface area contributed by atoms with Crippen LogP contribution in [0.2, 0.25) is 0 Å². The number of aryl methyl sites for hydroxylation is 1. The summed E-state index contributed by atoms with van der Waals surface area (Å²) in [4.78, 5) is 26.1. The highest BCUT2D eigenvalue weighted by Crippen LogP contribution is 2.25. The van der Waals surface area contributed by atoms with Gasteiger partial charge in [0.1, 0.15) is 0 Å². The molecule has 2 rings (SSSR count). The van der Waals surface area contributed by atoms with Gasteiger partial charge in [-0.15, -0.1) is 5.10 Å². The SMILES string of the molecule is Cn1nc(N(CCCN)C2CCCC2)c(=O)n(C)c1=O. The normalized spacial score (nSPS) is 15.8. The molecule has 0 unspecified atom stereocenters. The van der Waals surface area contributed by atoms with Gasteiger partial charge >= 0.3 is 5.69 Å². The van der Waals surface area contributed by atoms with Gasteiger partial charge < -0.3 is 10.6 Å². The van der Waals surface area contributed by atoms with E-state index in [1.165, 1.54) is 24.6 Å². The van der Waals surface area contributed by atoms with Crippen LogP contribution >= 0.6 is 0 Å². The molecule has 7 nitrogen and oxygen atoms in total. The van der Waals surface area contributed by atoms with Crippen molar-refractivity contribution in [2.24, 2.45) is 19.8 Å². The number of aromatic nitrogens is 3. The smallest absolute Gasteiger partial charge is 0.346 e. The molecule has 0 aliphatic heterocycles. The van der Waals surface area contributed by atoms with Crippen molar-refractivity contribution in [3.63, 3.8) is 0 Å². The Balaban J connectivity index is 2.42. The van der Waals surface area contributed by atoms with E-state index in [2.05, 4.69) is 5.10 Å². The summed E-state index contributed by atoms with van der Waals surface area (Å²) in [5.74, 6) is 0.370. The van der Waals surface area contributed by atoms with Crippen LogP contribution in [0.5, 0.6) is 0 Å². The summed E-state index contributed by atoms with van der Waals surface area (Å²) in [5.41, 5.74) is 4.87. The van der Waals surface area contributed by atoms with Crippen molar-refractivity contribution >= 4 is 5.82 Å². The first-order valence-corrected chi connectivity index (χ1v) is 7.17. The van der Waals surface area contributed by atoms with Gasteiger partial charge in [0.25, 0.3) is 5.56 Å². The second-order valence-corrected chi connectivity index (χ2v) is 5.37. The van der Waals surface area contributed by atoms with Crippen molar-refractivity contribution < 1.29 is 0 Å². The molecule has 1 aliphatic carbocycles. The quantitative estimate of drug-likeness (QED) is 0.792. The van der Waals surface area contributed by atoms with Gasteiger partial charge in [-0.1, -0.05) is 12.8 Å². The Kier molecular flexibility index (Phi) is 4.59. The lowest BCUT2D eigenvalue weighted by Gasteiger charge is -2.29. The second-order valence-electron chi connectivity index (χ2n) is 5.37. The maximum Gasteiger partial charge on any atom is 0.346 e. The summed E-state index contributed by atoms with van der Waals surface area (Å²) in [6.07, 6.45) is 5.30. The fraction of sp³-hybridized carbons (Fsp3) is 0.769. The van der Waals surface area contributed by atoms with E-state index < -0.39 is 5.69 Å². The monoisotopic (exact) mass is 281 g/mol. The summed E-state index contributed by atoms with van der Waals surface area (Å²) in [6.45, 7) is 1.29. The van der Waals surface area contributed by atoms with Crippen LogP contribution in [-0.2, 0) is 14.1 Å². The van der Waals surface area contributed by atoms with Crippen LogP contribution in [0.15, 0.2) is 9.59 Å². The molecule has 0 amide bonds. The number of anilines is 1. The Labute approximate surface area is 118 Å². The zero-order valence-corrected chi connectivity index (χ0v) is 12.2. The topological polar surface area (TPSA) is 86.2 Å². The van der Waals surface area contributed by atoms with Crippen molar-refractivity contribution in [1.29, 1.82) is 0 Å². The van der Waals surface area contributed by atoms with Gasteiger partial charge in [0, 0.05) is 26.7 Å². The van der Waals surface area contributed by atoms with Gasteiger partial charge in [-0.2, -0.15) is 0 Å². The third-order valence-corrected chi connectivity index (χ3v) is 3.95. The van der Waals surface area contributed by atoms with E-state index in [9.17, 15) is 9.59 Å². The minimum absolute atomic E-state index is 0.322. The molecule has 1 saturated carbocycles. The zero-order valence-electron chi connectivity index (χ0n) is 12.2. The summed E-state index contributed by atoms with van der Waals surface area (Å²) in [6, 6.07) is 0.333. The number of nitrogens with two attached hydrogens (primary N) is 1. The molecule has 112 valence electrons. The van der Waals surface area contributed by atoms with E-state index >= 15 is 0 Å². The maximum atomic E-state index is 12.3. The van der Waals surface area contributed by atoms with Crippen LogP contribution in [0.1, 0.15) is 32.1 Å². The molecule has 1 heterocycles. The van der Waals surface area contributed by atoms with E-state index in [0.29, 0.717) is 24.9 Å². The van der Waals surface area contributed by atoms with E-state index in [1.54, 1.807) is 7.05 Å². The molecule has 1 aromatic heterocycles. The average molecular weight is 281 g/mol. The number of rotatable bonds is 5. The number of hydrogen-bond acceptors (Lipinski definition) is 5. The summed E-state index contributed by atoms with van der Waals surface area (Å²) in [5, 5.41) is 4.19. The Morgan fingerprint density at radius 1 is 1.30 bits per heavy atom. The van der Waals surface area contributed by atoms with Crippen molar-refractivity contribution in [2.75, 3.05) is 18.0 Å². The van der Waals surface area contributed by atoms with Crippen LogP contribution in [0.3, 0.4) is 0 Å². The molecule has 0 atom stereocenters. The molecular formula is C13H23N5O2. The molecule has 1 aromatic rings. The molecule has 7 heteroatoms. The first-order valence-electron chi connectivity index (χ1n) is 7.17. The lowest BCUT2D eigenvalue weighted by atomic mass is 10.2. The van der Waals surface area contributed by atoms with E-state index in [4.69, 9.17) is 5.73 Å². The van der Waals surface area contributed by atoms with Crippen LogP contribution in [-0.4, -0.2) is 33.5 Å². The third-order valence-electron chi connectivity index (χ3n) is 3.95.